The number of aromatic nitrogens is 2. The van der Waals surface area contributed by atoms with Crippen molar-refractivity contribution in [3.05, 3.63) is 68.5 Å². The third-order valence-corrected chi connectivity index (χ3v) is 5.33. The van der Waals surface area contributed by atoms with Crippen LogP contribution in [0.3, 0.4) is 0 Å². The minimum Gasteiger partial charge on any atom is -0.419 e. The summed E-state index contributed by atoms with van der Waals surface area (Å²) >= 11 is 12.1. The summed E-state index contributed by atoms with van der Waals surface area (Å²) in [6.45, 7) is 3.79. The van der Waals surface area contributed by atoms with Crippen LogP contribution in [0.2, 0.25) is 10.0 Å². The molecule has 0 atom stereocenters. The van der Waals surface area contributed by atoms with Crippen molar-refractivity contribution in [1.82, 2.24) is 15.1 Å². The zero-order chi connectivity index (χ0) is 20.4. The van der Waals surface area contributed by atoms with Gasteiger partial charge in [0.25, 0.3) is 5.69 Å². The molecule has 10 heteroatoms. The van der Waals surface area contributed by atoms with Crippen molar-refractivity contribution in [3.8, 4) is 11.5 Å². The number of rotatable bonds is 5. The average molecular weight is 434 g/mol. The maximum Gasteiger partial charge on any atom is 0.269 e. The highest BCUT2D eigenvalue weighted by molar-refractivity contribution is 6.36. The Morgan fingerprint density at radius 3 is 2.41 bits per heavy atom. The maximum absolute atomic E-state index is 10.8. The van der Waals surface area contributed by atoms with Gasteiger partial charge in [-0.3, -0.25) is 15.0 Å². The van der Waals surface area contributed by atoms with E-state index >= 15 is 0 Å². The SMILES string of the molecule is O=[N+]([O-])c1ccc(N2CCN(Cc3nnc(-c4ccc(Cl)cc4Cl)o3)CC2)cc1. The molecular formula is C19H17Cl2N5O3. The van der Waals surface area contributed by atoms with E-state index in [-0.39, 0.29) is 5.69 Å². The van der Waals surface area contributed by atoms with Crippen molar-refractivity contribution in [3.63, 3.8) is 0 Å². The first-order valence-electron chi connectivity index (χ1n) is 8.99. The van der Waals surface area contributed by atoms with E-state index in [1.165, 1.54) is 12.1 Å². The van der Waals surface area contributed by atoms with Gasteiger partial charge in [0.15, 0.2) is 0 Å². The Morgan fingerprint density at radius 2 is 1.76 bits per heavy atom. The number of nitro groups is 1. The van der Waals surface area contributed by atoms with Gasteiger partial charge in [0.2, 0.25) is 11.8 Å². The van der Waals surface area contributed by atoms with Crippen LogP contribution in [0.4, 0.5) is 11.4 Å². The monoisotopic (exact) mass is 433 g/mol. The van der Waals surface area contributed by atoms with Gasteiger partial charge in [0, 0.05) is 49.0 Å². The largest absolute Gasteiger partial charge is 0.419 e. The zero-order valence-corrected chi connectivity index (χ0v) is 16.8. The van der Waals surface area contributed by atoms with Crippen LogP contribution in [0, 0.1) is 10.1 Å². The number of halogens is 2. The van der Waals surface area contributed by atoms with Crippen LogP contribution in [0.25, 0.3) is 11.5 Å². The van der Waals surface area contributed by atoms with Crippen molar-refractivity contribution in [1.29, 1.82) is 0 Å². The molecule has 0 radical (unpaired) electrons. The number of non-ortho nitro benzene ring substituents is 1. The summed E-state index contributed by atoms with van der Waals surface area (Å²) < 4.78 is 5.77. The number of hydrogen-bond acceptors (Lipinski definition) is 7. The molecule has 150 valence electrons. The first-order valence-corrected chi connectivity index (χ1v) is 9.75. The molecular weight excluding hydrogens is 417 g/mol. The number of nitro benzene ring substituents is 1. The Kier molecular flexibility index (Phi) is 5.66. The van der Waals surface area contributed by atoms with E-state index in [1.807, 2.05) is 0 Å². The van der Waals surface area contributed by atoms with Crippen molar-refractivity contribution >= 4 is 34.6 Å². The van der Waals surface area contributed by atoms with E-state index in [9.17, 15) is 10.1 Å². The first kappa shape index (κ1) is 19.6. The lowest BCUT2D eigenvalue weighted by Gasteiger charge is -2.35. The molecule has 0 spiro atoms. The van der Waals surface area contributed by atoms with Gasteiger partial charge in [-0.15, -0.1) is 10.2 Å². The zero-order valence-electron chi connectivity index (χ0n) is 15.3. The second-order valence-electron chi connectivity index (χ2n) is 6.66. The number of benzene rings is 2. The molecule has 0 bridgehead atoms. The molecule has 1 saturated heterocycles. The van der Waals surface area contributed by atoms with E-state index in [0.717, 1.165) is 31.9 Å². The van der Waals surface area contributed by atoms with E-state index in [1.54, 1.807) is 30.3 Å². The highest BCUT2D eigenvalue weighted by Crippen LogP contribution is 2.29. The number of piperazine rings is 1. The minimum atomic E-state index is -0.391. The van der Waals surface area contributed by atoms with Gasteiger partial charge in [-0.2, -0.15) is 0 Å². The van der Waals surface area contributed by atoms with Crippen molar-refractivity contribution < 1.29 is 9.34 Å². The van der Waals surface area contributed by atoms with Crippen molar-refractivity contribution in [2.75, 3.05) is 31.1 Å². The number of nitrogens with zero attached hydrogens (tertiary/aromatic N) is 5. The summed E-state index contributed by atoms with van der Waals surface area (Å²) in [6.07, 6.45) is 0. The molecule has 2 aromatic carbocycles. The van der Waals surface area contributed by atoms with Crippen LogP contribution >= 0.6 is 23.2 Å². The molecule has 2 heterocycles. The summed E-state index contributed by atoms with van der Waals surface area (Å²) in [5.74, 6) is 0.890. The van der Waals surface area contributed by atoms with Crippen LogP contribution in [-0.2, 0) is 6.54 Å². The van der Waals surface area contributed by atoms with E-state index in [4.69, 9.17) is 27.6 Å². The fraction of sp³-hybridized carbons (Fsp3) is 0.263. The molecule has 1 fully saturated rings. The summed E-state index contributed by atoms with van der Waals surface area (Å²) in [4.78, 5) is 14.8. The molecule has 0 amide bonds. The Hall–Kier alpha value is -2.68. The highest BCUT2D eigenvalue weighted by atomic mass is 35.5. The van der Waals surface area contributed by atoms with Gasteiger partial charge < -0.3 is 9.32 Å². The van der Waals surface area contributed by atoms with E-state index in [0.29, 0.717) is 33.9 Å². The summed E-state index contributed by atoms with van der Waals surface area (Å²) in [5, 5.41) is 20.0. The highest BCUT2D eigenvalue weighted by Gasteiger charge is 2.20. The average Bonchev–Trinajstić information content (AvgIpc) is 3.17. The van der Waals surface area contributed by atoms with Gasteiger partial charge in [-0.05, 0) is 30.3 Å². The Morgan fingerprint density at radius 1 is 1.03 bits per heavy atom. The molecule has 29 heavy (non-hydrogen) atoms. The summed E-state index contributed by atoms with van der Waals surface area (Å²) in [5.41, 5.74) is 1.73. The molecule has 1 aliphatic rings. The minimum absolute atomic E-state index is 0.0976. The standard InChI is InChI=1S/C19H17Cl2N5O3/c20-13-1-6-16(17(21)11-13)19-23-22-18(29-19)12-24-7-9-25(10-8-24)14-2-4-15(5-3-14)26(27)28/h1-6,11H,7-10,12H2. The molecule has 1 aromatic heterocycles. The Labute approximate surface area is 176 Å². The normalized spacial score (nSPS) is 14.9. The predicted molar refractivity (Wildman–Crippen MR) is 110 cm³/mol. The first-order chi connectivity index (χ1) is 14.0. The van der Waals surface area contributed by atoms with Gasteiger partial charge in [0.1, 0.15) is 0 Å². The van der Waals surface area contributed by atoms with Crippen molar-refractivity contribution in [2.24, 2.45) is 0 Å². The van der Waals surface area contributed by atoms with E-state index < -0.39 is 4.92 Å². The quantitative estimate of drug-likeness (QED) is 0.438. The van der Waals surface area contributed by atoms with Crippen LogP contribution < -0.4 is 4.90 Å². The van der Waals surface area contributed by atoms with Gasteiger partial charge in [-0.1, -0.05) is 23.2 Å². The molecule has 4 rings (SSSR count). The van der Waals surface area contributed by atoms with Gasteiger partial charge in [-0.25, -0.2) is 0 Å². The van der Waals surface area contributed by atoms with E-state index in [2.05, 4.69) is 20.0 Å². The maximum atomic E-state index is 10.8. The fourth-order valence-electron chi connectivity index (χ4n) is 3.23. The molecule has 0 unspecified atom stereocenters. The van der Waals surface area contributed by atoms with Gasteiger partial charge in [0.05, 0.1) is 22.1 Å². The van der Waals surface area contributed by atoms with Crippen LogP contribution in [0.1, 0.15) is 5.89 Å². The lowest BCUT2D eigenvalue weighted by molar-refractivity contribution is -0.384. The van der Waals surface area contributed by atoms with Gasteiger partial charge >= 0.3 is 0 Å². The topological polar surface area (TPSA) is 88.5 Å². The lowest BCUT2D eigenvalue weighted by atomic mass is 10.2. The Bertz CT molecular complexity index is 1020. The molecule has 1 aliphatic heterocycles. The molecule has 0 N–H and O–H groups in total. The second-order valence-corrected chi connectivity index (χ2v) is 7.51. The van der Waals surface area contributed by atoms with Crippen LogP contribution in [0.5, 0.6) is 0 Å². The predicted octanol–water partition coefficient (Wildman–Crippen LogP) is 4.27. The number of anilines is 1. The smallest absolute Gasteiger partial charge is 0.269 e. The molecule has 0 saturated carbocycles. The molecule has 0 aliphatic carbocycles. The number of hydrogen-bond donors (Lipinski definition) is 0. The summed E-state index contributed by atoms with van der Waals surface area (Å²) in [7, 11) is 0. The van der Waals surface area contributed by atoms with Crippen molar-refractivity contribution in [2.45, 2.75) is 6.54 Å². The second kappa shape index (κ2) is 8.36. The summed E-state index contributed by atoms with van der Waals surface area (Å²) in [6, 6.07) is 11.8. The Balaban J connectivity index is 1.35. The fourth-order valence-corrected chi connectivity index (χ4v) is 3.72. The third-order valence-electron chi connectivity index (χ3n) is 4.79. The van der Waals surface area contributed by atoms with Crippen LogP contribution in [0.15, 0.2) is 46.9 Å². The lowest BCUT2D eigenvalue weighted by Crippen LogP contribution is -2.46. The van der Waals surface area contributed by atoms with Crippen LogP contribution in [-0.4, -0.2) is 46.2 Å². The molecule has 8 nitrogen and oxygen atoms in total. The molecule has 3 aromatic rings. The third kappa shape index (κ3) is 4.50.